The van der Waals surface area contributed by atoms with Crippen LogP contribution in [0.5, 0.6) is 0 Å². The molecule has 6 heteroatoms. The van der Waals surface area contributed by atoms with Crippen molar-refractivity contribution in [3.8, 4) is 0 Å². The molecule has 1 aliphatic rings. The zero-order valence-electron chi connectivity index (χ0n) is 10.5. The van der Waals surface area contributed by atoms with Crippen LogP contribution in [-0.4, -0.2) is 38.1 Å². The number of alkyl halides is 1. The lowest BCUT2D eigenvalue weighted by Crippen LogP contribution is -2.58. The van der Waals surface area contributed by atoms with Crippen LogP contribution in [0, 0.1) is 0 Å². The molecule has 1 N–H and O–H groups in total. The van der Waals surface area contributed by atoms with Gasteiger partial charge in [0.05, 0.1) is 5.75 Å². The molecule has 0 radical (unpaired) electrons. The van der Waals surface area contributed by atoms with E-state index in [2.05, 4.69) is 11.9 Å². The van der Waals surface area contributed by atoms with Crippen molar-refractivity contribution in [2.45, 2.75) is 5.79 Å². The van der Waals surface area contributed by atoms with Crippen molar-refractivity contribution in [2.24, 2.45) is 0 Å². The lowest BCUT2D eigenvalue weighted by atomic mass is 10.0. The monoisotopic (exact) mass is 284 g/mol. The first kappa shape index (κ1) is 14.2. The molecule has 19 heavy (non-hydrogen) atoms. The first-order valence-corrected chi connectivity index (χ1v) is 7.68. The van der Waals surface area contributed by atoms with Crippen molar-refractivity contribution in [1.29, 1.82) is 0 Å². The van der Waals surface area contributed by atoms with E-state index in [1.165, 1.54) is 6.08 Å². The second kappa shape index (κ2) is 5.40. The summed E-state index contributed by atoms with van der Waals surface area (Å²) in [6, 6.07) is 8.37. The number of hydrogen-bond acceptors (Lipinski definition) is 3. The van der Waals surface area contributed by atoms with Gasteiger partial charge >= 0.3 is 0 Å². The third-order valence-corrected chi connectivity index (χ3v) is 4.93. The molecule has 1 saturated heterocycles. The summed E-state index contributed by atoms with van der Waals surface area (Å²) < 4.78 is 40.5. The standard InChI is InChI=1S/C13H17FN2O2S/c1-2-10-19(17,18)16-9-8-15-11-13(16,14)12-6-4-3-5-7-12/h2-7,15H,1,8-11H2. The Morgan fingerprint density at radius 2 is 2.11 bits per heavy atom. The highest BCUT2D eigenvalue weighted by Crippen LogP contribution is 2.33. The summed E-state index contributed by atoms with van der Waals surface area (Å²) in [5, 5.41) is 2.91. The lowest BCUT2D eigenvalue weighted by Gasteiger charge is -2.40. The van der Waals surface area contributed by atoms with Gasteiger partial charge in [-0.25, -0.2) is 12.8 Å². The Labute approximate surface area is 113 Å². The minimum absolute atomic E-state index is 0.0482. The highest BCUT2D eigenvalue weighted by atomic mass is 32.2. The van der Waals surface area contributed by atoms with Gasteiger partial charge in [0.15, 0.2) is 0 Å². The normalized spacial score (nSPS) is 25.1. The molecule has 0 spiro atoms. The second-order valence-corrected chi connectivity index (χ2v) is 6.38. The largest absolute Gasteiger partial charge is 0.311 e. The Hall–Kier alpha value is -1.24. The number of halogens is 1. The fraction of sp³-hybridized carbons (Fsp3) is 0.385. The second-order valence-electron chi connectivity index (χ2n) is 4.44. The van der Waals surface area contributed by atoms with Gasteiger partial charge in [0.2, 0.25) is 15.8 Å². The molecule has 0 aliphatic carbocycles. The highest BCUT2D eigenvalue weighted by molar-refractivity contribution is 7.89. The molecule has 104 valence electrons. The number of sulfonamides is 1. The van der Waals surface area contributed by atoms with Gasteiger partial charge < -0.3 is 5.32 Å². The lowest BCUT2D eigenvalue weighted by molar-refractivity contribution is 0.00463. The van der Waals surface area contributed by atoms with Crippen molar-refractivity contribution >= 4 is 10.0 Å². The van der Waals surface area contributed by atoms with E-state index in [0.29, 0.717) is 12.1 Å². The molecule has 0 amide bonds. The number of nitrogens with zero attached hydrogens (tertiary/aromatic N) is 1. The molecule has 0 saturated carbocycles. The van der Waals surface area contributed by atoms with E-state index >= 15 is 4.39 Å². The smallest absolute Gasteiger partial charge is 0.220 e. The van der Waals surface area contributed by atoms with E-state index in [4.69, 9.17) is 0 Å². The van der Waals surface area contributed by atoms with Crippen molar-refractivity contribution < 1.29 is 12.8 Å². The van der Waals surface area contributed by atoms with Gasteiger partial charge in [-0.15, -0.1) is 6.58 Å². The van der Waals surface area contributed by atoms with E-state index in [0.717, 1.165) is 4.31 Å². The highest BCUT2D eigenvalue weighted by Gasteiger charge is 2.46. The first-order chi connectivity index (χ1) is 9.00. The Balaban J connectivity index is 2.43. The summed E-state index contributed by atoms with van der Waals surface area (Å²) in [4.78, 5) is 0. The van der Waals surface area contributed by atoms with Crippen LogP contribution in [0.25, 0.3) is 0 Å². The van der Waals surface area contributed by atoms with Crippen molar-refractivity contribution in [2.75, 3.05) is 25.4 Å². The van der Waals surface area contributed by atoms with Crippen LogP contribution >= 0.6 is 0 Å². The molecule has 0 bridgehead atoms. The zero-order valence-corrected chi connectivity index (χ0v) is 11.4. The summed E-state index contributed by atoms with van der Waals surface area (Å²) in [5.41, 5.74) is 0.342. The topological polar surface area (TPSA) is 49.4 Å². The SMILES string of the molecule is C=CCS(=O)(=O)N1CCNCC1(F)c1ccccc1. The summed E-state index contributed by atoms with van der Waals surface area (Å²) in [5.74, 6) is -2.30. The van der Waals surface area contributed by atoms with Gasteiger partial charge in [0.25, 0.3) is 0 Å². The van der Waals surface area contributed by atoms with Crippen LogP contribution in [-0.2, 0) is 15.8 Å². The fourth-order valence-electron chi connectivity index (χ4n) is 2.24. The predicted octanol–water partition coefficient (Wildman–Crippen LogP) is 1.23. The number of nitrogens with one attached hydrogen (secondary N) is 1. The maximum Gasteiger partial charge on any atom is 0.220 e. The Kier molecular flexibility index (Phi) is 4.03. The maximum atomic E-state index is 15.2. The molecule has 1 unspecified atom stereocenters. The van der Waals surface area contributed by atoms with Crippen molar-refractivity contribution in [1.82, 2.24) is 9.62 Å². The first-order valence-electron chi connectivity index (χ1n) is 6.07. The van der Waals surface area contributed by atoms with Gasteiger partial charge in [0, 0.05) is 25.2 Å². The number of benzene rings is 1. The molecule has 0 aromatic heterocycles. The molecular weight excluding hydrogens is 267 g/mol. The predicted molar refractivity (Wildman–Crippen MR) is 72.8 cm³/mol. The molecule has 1 aromatic carbocycles. The summed E-state index contributed by atoms with van der Waals surface area (Å²) in [6.45, 7) is 3.92. The van der Waals surface area contributed by atoms with Gasteiger partial charge in [-0.2, -0.15) is 4.31 Å². The number of piperazine rings is 1. The van der Waals surface area contributed by atoms with Crippen LogP contribution in [0.3, 0.4) is 0 Å². The maximum absolute atomic E-state index is 15.2. The summed E-state index contributed by atoms with van der Waals surface area (Å²) >= 11 is 0. The Morgan fingerprint density at radius 3 is 2.74 bits per heavy atom. The summed E-state index contributed by atoms with van der Waals surface area (Å²) in [6.07, 6.45) is 1.28. The minimum Gasteiger partial charge on any atom is -0.311 e. The number of hydrogen-bond donors (Lipinski definition) is 1. The third-order valence-electron chi connectivity index (χ3n) is 3.13. The van der Waals surface area contributed by atoms with Crippen LogP contribution in [0.15, 0.2) is 43.0 Å². The van der Waals surface area contributed by atoms with Crippen LogP contribution < -0.4 is 5.32 Å². The van der Waals surface area contributed by atoms with E-state index in [1.807, 2.05) is 0 Å². The van der Waals surface area contributed by atoms with Gasteiger partial charge in [-0.3, -0.25) is 0 Å². The number of rotatable bonds is 4. The van der Waals surface area contributed by atoms with Gasteiger partial charge in [0.1, 0.15) is 0 Å². The van der Waals surface area contributed by atoms with E-state index < -0.39 is 15.8 Å². The molecule has 4 nitrogen and oxygen atoms in total. The van der Waals surface area contributed by atoms with Crippen LogP contribution in [0.1, 0.15) is 5.56 Å². The van der Waals surface area contributed by atoms with Crippen LogP contribution in [0.2, 0.25) is 0 Å². The van der Waals surface area contributed by atoms with Crippen molar-refractivity contribution in [3.05, 3.63) is 48.6 Å². The molecule has 1 aromatic rings. The quantitative estimate of drug-likeness (QED) is 0.668. The van der Waals surface area contributed by atoms with Crippen LogP contribution in [0.4, 0.5) is 4.39 Å². The van der Waals surface area contributed by atoms with E-state index in [9.17, 15) is 8.42 Å². The molecule has 1 fully saturated rings. The molecule has 2 rings (SSSR count). The van der Waals surface area contributed by atoms with E-state index in [-0.39, 0.29) is 18.8 Å². The average Bonchev–Trinajstić information content (AvgIpc) is 2.40. The summed E-state index contributed by atoms with van der Waals surface area (Å²) in [7, 11) is -3.69. The third kappa shape index (κ3) is 2.70. The van der Waals surface area contributed by atoms with Crippen molar-refractivity contribution in [3.63, 3.8) is 0 Å². The molecule has 1 aliphatic heterocycles. The Bertz CT molecular complexity index is 547. The zero-order chi connectivity index (χ0) is 13.9. The average molecular weight is 284 g/mol. The van der Waals surface area contributed by atoms with E-state index in [1.54, 1.807) is 30.3 Å². The van der Waals surface area contributed by atoms with Gasteiger partial charge in [-0.05, 0) is 0 Å². The minimum atomic E-state index is -3.69. The molecule has 1 heterocycles. The molecular formula is C13H17FN2O2S. The fourth-order valence-corrected chi connectivity index (χ4v) is 3.70. The molecule has 1 atom stereocenters. The van der Waals surface area contributed by atoms with Gasteiger partial charge in [-0.1, -0.05) is 36.4 Å². The Morgan fingerprint density at radius 1 is 1.42 bits per heavy atom.